The van der Waals surface area contributed by atoms with Crippen LogP contribution in [0.1, 0.15) is 43.7 Å². The van der Waals surface area contributed by atoms with Gasteiger partial charge in [-0.3, -0.25) is 0 Å². The number of aromatic nitrogens is 1. The van der Waals surface area contributed by atoms with Crippen molar-refractivity contribution >= 4 is 28.8 Å². The molecule has 2 fully saturated rings. The lowest BCUT2D eigenvalue weighted by Crippen LogP contribution is -2.42. The second kappa shape index (κ2) is 9.40. The Morgan fingerprint density at radius 1 is 1.20 bits per heavy atom. The van der Waals surface area contributed by atoms with E-state index in [1.165, 1.54) is 38.8 Å². The number of hydrogen-bond acceptors (Lipinski definition) is 4. The molecule has 1 unspecified atom stereocenters. The summed E-state index contributed by atoms with van der Waals surface area (Å²) in [6.07, 6.45) is 7.23. The molecule has 0 bridgehead atoms. The molecule has 0 amide bonds. The summed E-state index contributed by atoms with van der Waals surface area (Å²) in [6.45, 7) is 12.1. The molecule has 1 aliphatic carbocycles. The first-order valence-corrected chi connectivity index (χ1v) is 11.5. The number of hydrogen-bond donors (Lipinski definition) is 2. The Morgan fingerprint density at radius 3 is 2.63 bits per heavy atom. The third kappa shape index (κ3) is 5.35. The van der Waals surface area contributed by atoms with Crippen LogP contribution < -0.4 is 10.6 Å². The average molecular weight is 425 g/mol. The molecule has 2 N–H and O–H groups in total. The summed E-state index contributed by atoms with van der Waals surface area (Å²) < 4.78 is 0. The van der Waals surface area contributed by atoms with Crippen LogP contribution in [0.5, 0.6) is 0 Å². The summed E-state index contributed by atoms with van der Waals surface area (Å²) in [6, 6.07) is 10.7. The number of halogens is 1. The van der Waals surface area contributed by atoms with Crippen molar-refractivity contribution in [2.75, 3.05) is 30.3 Å². The highest BCUT2D eigenvalue weighted by Crippen LogP contribution is 2.36. The minimum Gasteiger partial charge on any atom is -0.384 e. The van der Waals surface area contributed by atoms with E-state index < -0.39 is 0 Å². The van der Waals surface area contributed by atoms with Crippen LogP contribution in [0.2, 0.25) is 5.02 Å². The predicted octanol–water partition coefficient (Wildman–Crippen LogP) is 6.05. The number of nitrogens with zero attached hydrogens (tertiary/aromatic N) is 2. The van der Waals surface area contributed by atoms with E-state index >= 15 is 0 Å². The average Bonchev–Trinajstić information content (AvgIpc) is 3.60. The molecule has 0 radical (unpaired) electrons. The maximum Gasteiger partial charge on any atom is 0.130 e. The number of nitrogens with one attached hydrogen (secondary N) is 2. The van der Waals surface area contributed by atoms with E-state index in [4.69, 9.17) is 11.6 Å². The number of likely N-dealkylation sites (tertiary alicyclic amines) is 1. The Bertz CT molecular complexity index is 867. The molecule has 2 aromatic rings. The van der Waals surface area contributed by atoms with Crippen molar-refractivity contribution in [2.45, 2.75) is 45.6 Å². The molecule has 0 spiro atoms. The van der Waals surface area contributed by atoms with E-state index in [0.717, 1.165) is 46.8 Å². The zero-order valence-corrected chi connectivity index (χ0v) is 18.9. The van der Waals surface area contributed by atoms with Crippen molar-refractivity contribution in [3.63, 3.8) is 0 Å². The molecule has 2 heterocycles. The largest absolute Gasteiger partial charge is 0.384 e. The fourth-order valence-corrected chi connectivity index (χ4v) is 4.55. The van der Waals surface area contributed by atoms with Crippen LogP contribution in [0, 0.1) is 18.8 Å². The third-order valence-corrected chi connectivity index (χ3v) is 6.84. The van der Waals surface area contributed by atoms with E-state index in [2.05, 4.69) is 40.1 Å². The van der Waals surface area contributed by atoms with Crippen molar-refractivity contribution in [1.29, 1.82) is 0 Å². The highest BCUT2D eigenvalue weighted by Gasteiger charge is 2.33. The number of rotatable bonds is 8. The van der Waals surface area contributed by atoms with Crippen LogP contribution in [0.3, 0.4) is 0 Å². The molecule has 30 heavy (non-hydrogen) atoms. The molecule has 5 heteroatoms. The van der Waals surface area contributed by atoms with Gasteiger partial charge in [0.25, 0.3) is 0 Å². The van der Waals surface area contributed by atoms with E-state index in [1.807, 2.05) is 37.4 Å². The molecule has 2 aliphatic rings. The topological polar surface area (TPSA) is 40.2 Å². The molecule has 1 aromatic heterocycles. The lowest BCUT2D eigenvalue weighted by Gasteiger charge is -2.36. The minimum absolute atomic E-state index is 0.705. The minimum atomic E-state index is 0.705. The van der Waals surface area contributed by atoms with Crippen LogP contribution in [0.4, 0.5) is 11.5 Å². The standard InChI is InChI=1S/C25H33ClN4/c1-17-4-9-25(28-15-17)29-18(2)23-14-22(26)7-8-24(23)27-16-20-10-12-30(13-11-20)19(3)21-5-6-21/h4,7-9,14-15,19-21,27H,2,5-6,10-13,16H2,1,3H3,(H,28,29). The third-order valence-electron chi connectivity index (χ3n) is 6.61. The lowest BCUT2D eigenvalue weighted by molar-refractivity contribution is 0.132. The highest BCUT2D eigenvalue weighted by atomic mass is 35.5. The SMILES string of the molecule is C=C(Nc1ccc(C)cn1)c1cc(Cl)ccc1NCC1CCN(C(C)C2CC2)CC1. The molecule has 1 saturated heterocycles. The predicted molar refractivity (Wildman–Crippen MR) is 128 cm³/mol. The Labute approximate surface area is 185 Å². The molecule has 1 saturated carbocycles. The number of pyridine rings is 1. The van der Waals surface area contributed by atoms with Crippen molar-refractivity contribution < 1.29 is 0 Å². The van der Waals surface area contributed by atoms with Gasteiger partial charge in [0.1, 0.15) is 5.82 Å². The number of benzene rings is 1. The summed E-state index contributed by atoms with van der Waals surface area (Å²) in [5.74, 6) is 2.45. The first-order valence-electron chi connectivity index (χ1n) is 11.2. The van der Waals surface area contributed by atoms with Gasteiger partial charge in [-0.05, 0) is 94.3 Å². The number of anilines is 2. The van der Waals surface area contributed by atoms with Gasteiger partial charge >= 0.3 is 0 Å². The summed E-state index contributed by atoms with van der Waals surface area (Å²) >= 11 is 6.29. The lowest BCUT2D eigenvalue weighted by atomic mass is 9.95. The van der Waals surface area contributed by atoms with E-state index in [0.29, 0.717) is 10.9 Å². The molecule has 1 atom stereocenters. The first kappa shape index (κ1) is 21.2. The van der Waals surface area contributed by atoms with Crippen molar-refractivity contribution in [3.05, 3.63) is 59.3 Å². The Kier molecular flexibility index (Phi) is 6.64. The fraction of sp³-hybridized carbons (Fsp3) is 0.480. The summed E-state index contributed by atoms with van der Waals surface area (Å²) in [5.41, 5.74) is 3.99. The van der Waals surface area contributed by atoms with Gasteiger partial charge in [-0.25, -0.2) is 4.98 Å². The fourth-order valence-electron chi connectivity index (χ4n) is 4.38. The number of piperidine rings is 1. The van der Waals surface area contributed by atoms with E-state index in [9.17, 15) is 0 Å². The zero-order chi connectivity index (χ0) is 21.1. The molecular formula is C25H33ClN4. The second-order valence-electron chi connectivity index (χ2n) is 8.95. The van der Waals surface area contributed by atoms with Crippen LogP contribution >= 0.6 is 11.6 Å². The number of aryl methyl sites for hydroxylation is 1. The molecule has 4 nitrogen and oxygen atoms in total. The smallest absolute Gasteiger partial charge is 0.130 e. The van der Waals surface area contributed by atoms with Crippen LogP contribution in [-0.4, -0.2) is 35.6 Å². The zero-order valence-electron chi connectivity index (χ0n) is 18.1. The van der Waals surface area contributed by atoms with Gasteiger partial charge in [0.2, 0.25) is 0 Å². The molecule has 1 aliphatic heterocycles. The van der Waals surface area contributed by atoms with Crippen LogP contribution in [0.15, 0.2) is 43.1 Å². The monoisotopic (exact) mass is 424 g/mol. The van der Waals surface area contributed by atoms with Gasteiger partial charge in [0.05, 0.1) is 0 Å². The molecule has 4 rings (SSSR count). The van der Waals surface area contributed by atoms with Gasteiger partial charge in [0.15, 0.2) is 0 Å². The van der Waals surface area contributed by atoms with Gasteiger partial charge in [-0.2, -0.15) is 0 Å². The Balaban J connectivity index is 1.35. The van der Waals surface area contributed by atoms with Gasteiger partial charge < -0.3 is 15.5 Å². The van der Waals surface area contributed by atoms with Crippen LogP contribution in [0.25, 0.3) is 5.70 Å². The highest BCUT2D eigenvalue weighted by molar-refractivity contribution is 6.30. The van der Waals surface area contributed by atoms with Gasteiger partial charge in [-0.15, -0.1) is 0 Å². The Morgan fingerprint density at radius 2 is 1.97 bits per heavy atom. The van der Waals surface area contributed by atoms with E-state index in [1.54, 1.807) is 0 Å². The van der Waals surface area contributed by atoms with Crippen molar-refractivity contribution in [1.82, 2.24) is 9.88 Å². The second-order valence-corrected chi connectivity index (χ2v) is 9.39. The summed E-state index contributed by atoms with van der Waals surface area (Å²) in [5, 5.41) is 7.69. The van der Waals surface area contributed by atoms with Crippen molar-refractivity contribution in [3.8, 4) is 0 Å². The quantitative estimate of drug-likeness (QED) is 0.541. The van der Waals surface area contributed by atoms with Gasteiger partial charge in [0, 0.05) is 40.8 Å². The maximum atomic E-state index is 6.29. The van der Waals surface area contributed by atoms with Crippen LogP contribution in [-0.2, 0) is 0 Å². The molecular weight excluding hydrogens is 392 g/mol. The van der Waals surface area contributed by atoms with Gasteiger partial charge in [-0.1, -0.05) is 24.2 Å². The first-order chi connectivity index (χ1) is 14.5. The van der Waals surface area contributed by atoms with E-state index in [-0.39, 0.29) is 0 Å². The summed E-state index contributed by atoms with van der Waals surface area (Å²) in [4.78, 5) is 7.12. The summed E-state index contributed by atoms with van der Waals surface area (Å²) in [7, 11) is 0. The van der Waals surface area contributed by atoms with Crippen molar-refractivity contribution in [2.24, 2.45) is 11.8 Å². The maximum absolute atomic E-state index is 6.29. The Hall–Kier alpha value is -2.04. The normalized spacial score (nSPS) is 18.8. The molecule has 1 aromatic carbocycles. The molecule has 160 valence electrons.